The number of piperidine rings is 1. The molecule has 1 saturated heterocycles. The molecule has 1 atom stereocenters. The van der Waals surface area contributed by atoms with Crippen LogP contribution in [0.15, 0.2) is 6.20 Å². The van der Waals surface area contributed by atoms with Gasteiger partial charge in [0.2, 0.25) is 5.91 Å². The summed E-state index contributed by atoms with van der Waals surface area (Å²) < 4.78 is 0. The molecule has 0 aliphatic carbocycles. The van der Waals surface area contributed by atoms with Gasteiger partial charge in [-0.15, -0.1) is 0 Å². The molecular formula is C23H30N6O2. The minimum Gasteiger partial charge on any atom is -0.328 e. The monoisotopic (exact) mass is 422 g/mol. The summed E-state index contributed by atoms with van der Waals surface area (Å²) in [6.07, 6.45) is 6.41. The Kier molecular flexibility index (Phi) is 5.98. The van der Waals surface area contributed by atoms with Gasteiger partial charge in [0.25, 0.3) is 5.91 Å². The zero-order valence-corrected chi connectivity index (χ0v) is 18.8. The quantitative estimate of drug-likeness (QED) is 0.751. The number of anilines is 1. The number of nitrogens with zero attached hydrogens (tertiary/aromatic N) is 6. The highest BCUT2D eigenvalue weighted by Crippen LogP contribution is 2.34. The summed E-state index contributed by atoms with van der Waals surface area (Å²) in [5.74, 6) is 2.04. The van der Waals surface area contributed by atoms with Crippen LogP contribution in [0.3, 0.4) is 0 Å². The summed E-state index contributed by atoms with van der Waals surface area (Å²) in [6, 6.07) is -0.216. The van der Waals surface area contributed by atoms with E-state index in [4.69, 9.17) is 9.97 Å². The van der Waals surface area contributed by atoms with Gasteiger partial charge < -0.3 is 4.90 Å². The molecule has 2 aliphatic heterocycles. The van der Waals surface area contributed by atoms with Gasteiger partial charge in [0.05, 0.1) is 17.3 Å². The number of carbonyl (C=O) groups is 2. The van der Waals surface area contributed by atoms with Gasteiger partial charge in [-0.3, -0.25) is 14.5 Å². The van der Waals surface area contributed by atoms with Crippen LogP contribution in [0.4, 0.5) is 5.82 Å². The molecule has 31 heavy (non-hydrogen) atoms. The highest BCUT2D eigenvalue weighted by Gasteiger charge is 2.34. The molecule has 4 heterocycles. The Labute approximate surface area is 183 Å². The SMILES string of the molecule is CCCN1C(=O)CCc2c(C)nc([C@@H]3CCCCN3C(=O)c3cnc(C)nc3C)nc21. The molecule has 0 aromatic carbocycles. The Bertz CT molecular complexity index is 1020. The van der Waals surface area contributed by atoms with E-state index in [0.29, 0.717) is 48.8 Å². The molecule has 2 aliphatic rings. The van der Waals surface area contributed by atoms with E-state index >= 15 is 0 Å². The number of hydrogen-bond donors (Lipinski definition) is 0. The first kappa shape index (κ1) is 21.3. The highest BCUT2D eigenvalue weighted by atomic mass is 16.2. The van der Waals surface area contributed by atoms with Gasteiger partial charge in [-0.25, -0.2) is 19.9 Å². The first-order chi connectivity index (χ1) is 14.9. The maximum atomic E-state index is 13.4. The van der Waals surface area contributed by atoms with Gasteiger partial charge in [-0.05, 0) is 52.9 Å². The zero-order chi connectivity index (χ0) is 22.1. The largest absolute Gasteiger partial charge is 0.328 e. The van der Waals surface area contributed by atoms with E-state index in [-0.39, 0.29) is 17.9 Å². The van der Waals surface area contributed by atoms with Gasteiger partial charge in [0.15, 0.2) is 5.82 Å². The van der Waals surface area contributed by atoms with Crippen molar-refractivity contribution < 1.29 is 9.59 Å². The molecule has 2 aromatic rings. The van der Waals surface area contributed by atoms with Crippen molar-refractivity contribution in [2.45, 2.75) is 72.3 Å². The second-order valence-corrected chi connectivity index (χ2v) is 8.44. The van der Waals surface area contributed by atoms with Crippen molar-refractivity contribution in [2.75, 3.05) is 18.0 Å². The van der Waals surface area contributed by atoms with E-state index in [1.54, 1.807) is 11.1 Å². The zero-order valence-electron chi connectivity index (χ0n) is 18.8. The van der Waals surface area contributed by atoms with Crippen LogP contribution in [0.1, 0.15) is 84.0 Å². The second kappa shape index (κ2) is 8.69. The normalized spacial score (nSPS) is 18.8. The van der Waals surface area contributed by atoms with E-state index in [9.17, 15) is 9.59 Å². The van der Waals surface area contributed by atoms with Crippen LogP contribution in [-0.4, -0.2) is 49.7 Å². The lowest BCUT2D eigenvalue weighted by Gasteiger charge is -2.36. The minimum absolute atomic E-state index is 0.0809. The Morgan fingerprint density at radius 3 is 2.65 bits per heavy atom. The number of hydrogen-bond acceptors (Lipinski definition) is 6. The Morgan fingerprint density at radius 2 is 1.90 bits per heavy atom. The van der Waals surface area contributed by atoms with Crippen LogP contribution >= 0.6 is 0 Å². The number of aryl methyl sites for hydroxylation is 3. The number of amides is 2. The summed E-state index contributed by atoms with van der Waals surface area (Å²) in [5.41, 5.74) is 3.16. The van der Waals surface area contributed by atoms with E-state index in [1.807, 2.05) is 25.7 Å². The van der Waals surface area contributed by atoms with Crippen LogP contribution in [0.5, 0.6) is 0 Å². The first-order valence-electron chi connectivity index (χ1n) is 11.2. The molecule has 0 saturated carbocycles. The molecule has 0 radical (unpaired) electrons. The lowest BCUT2D eigenvalue weighted by Crippen LogP contribution is -2.41. The van der Waals surface area contributed by atoms with Crippen molar-refractivity contribution in [3.8, 4) is 0 Å². The van der Waals surface area contributed by atoms with E-state index in [2.05, 4.69) is 16.9 Å². The van der Waals surface area contributed by atoms with Gasteiger partial charge in [0.1, 0.15) is 11.6 Å². The van der Waals surface area contributed by atoms with Crippen molar-refractivity contribution in [3.05, 3.63) is 40.4 Å². The second-order valence-electron chi connectivity index (χ2n) is 8.44. The summed E-state index contributed by atoms with van der Waals surface area (Å²) in [7, 11) is 0. The highest BCUT2D eigenvalue weighted by molar-refractivity contribution is 5.96. The Morgan fingerprint density at radius 1 is 1.10 bits per heavy atom. The topological polar surface area (TPSA) is 92.2 Å². The number of carbonyl (C=O) groups excluding carboxylic acids is 2. The predicted molar refractivity (Wildman–Crippen MR) is 117 cm³/mol. The summed E-state index contributed by atoms with van der Waals surface area (Å²) in [5, 5.41) is 0. The molecule has 164 valence electrons. The third-order valence-electron chi connectivity index (χ3n) is 6.19. The number of fused-ring (bicyclic) bond motifs is 1. The summed E-state index contributed by atoms with van der Waals surface area (Å²) in [6.45, 7) is 9.00. The molecular weight excluding hydrogens is 392 g/mol. The van der Waals surface area contributed by atoms with E-state index in [0.717, 1.165) is 42.8 Å². The average Bonchev–Trinajstić information content (AvgIpc) is 2.75. The van der Waals surface area contributed by atoms with Gasteiger partial charge in [-0.2, -0.15) is 0 Å². The van der Waals surface area contributed by atoms with Crippen molar-refractivity contribution in [2.24, 2.45) is 0 Å². The number of likely N-dealkylation sites (tertiary alicyclic amines) is 1. The molecule has 1 fully saturated rings. The lowest BCUT2D eigenvalue weighted by atomic mass is 9.98. The van der Waals surface area contributed by atoms with Gasteiger partial charge >= 0.3 is 0 Å². The van der Waals surface area contributed by atoms with Crippen LogP contribution in [0, 0.1) is 20.8 Å². The van der Waals surface area contributed by atoms with Gasteiger partial charge in [0, 0.05) is 37.0 Å². The summed E-state index contributed by atoms with van der Waals surface area (Å²) in [4.78, 5) is 47.9. The predicted octanol–water partition coefficient (Wildman–Crippen LogP) is 3.25. The fraction of sp³-hybridized carbons (Fsp3) is 0.565. The fourth-order valence-corrected chi connectivity index (χ4v) is 4.60. The van der Waals surface area contributed by atoms with Crippen LogP contribution in [0.2, 0.25) is 0 Å². The average molecular weight is 423 g/mol. The minimum atomic E-state index is -0.216. The Balaban J connectivity index is 1.72. The first-order valence-corrected chi connectivity index (χ1v) is 11.2. The van der Waals surface area contributed by atoms with Crippen molar-refractivity contribution in [1.29, 1.82) is 0 Å². The van der Waals surface area contributed by atoms with Gasteiger partial charge in [-0.1, -0.05) is 6.92 Å². The smallest absolute Gasteiger partial charge is 0.257 e. The number of rotatable bonds is 4. The van der Waals surface area contributed by atoms with Crippen LogP contribution in [0.25, 0.3) is 0 Å². The standard InChI is InChI=1S/C23H30N6O2/c1-5-11-29-20(30)10-9-17-14(2)26-21(27-22(17)29)19-8-6-7-12-28(19)23(31)18-13-24-16(4)25-15(18)3/h13,19H,5-12H2,1-4H3/t19-/m0/s1. The van der Waals surface area contributed by atoms with E-state index < -0.39 is 0 Å². The molecule has 4 rings (SSSR count). The maximum Gasteiger partial charge on any atom is 0.257 e. The molecule has 0 unspecified atom stereocenters. The molecule has 0 bridgehead atoms. The molecule has 0 spiro atoms. The van der Waals surface area contributed by atoms with Crippen LogP contribution in [-0.2, 0) is 11.2 Å². The number of aromatic nitrogens is 4. The lowest BCUT2D eigenvalue weighted by molar-refractivity contribution is -0.119. The third-order valence-corrected chi connectivity index (χ3v) is 6.19. The molecule has 8 heteroatoms. The fourth-order valence-electron chi connectivity index (χ4n) is 4.60. The maximum absolute atomic E-state index is 13.4. The van der Waals surface area contributed by atoms with E-state index in [1.165, 1.54) is 0 Å². The molecule has 0 N–H and O–H groups in total. The van der Waals surface area contributed by atoms with Crippen LogP contribution < -0.4 is 4.90 Å². The van der Waals surface area contributed by atoms with Crippen molar-refractivity contribution in [1.82, 2.24) is 24.8 Å². The van der Waals surface area contributed by atoms with Crippen molar-refractivity contribution >= 4 is 17.6 Å². The molecule has 2 amide bonds. The Hall–Kier alpha value is -2.90. The van der Waals surface area contributed by atoms with Crippen molar-refractivity contribution in [3.63, 3.8) is 0 Å². The molecule has 2 aromatic heterocycles. The third kappa shape index (κ3) is 4.03. The molecule has 8 nitrogen and oxygen atoms in total. The summed E-state index contributed by atoms with van der Waals surface area (Å²) >= 11 is 0.